The number of ether oxygens (including phenoxy) is 6. The Kier molecular flexibility index (Phi) is 18.1. The van der Waals surface area contributed by atoms with Crippen LogP contribution in [0.2, 0.25) is 0 Å². The molecule has 3 N–H and O–H groups in total. The highest BCUT2D eigenvalue weighted by atomic mass is 16.7. The summed E-state index contributed by atoms with van der Waals surface area (Å²) in [7, 11) is 3.67. The van der Waals surface area contributed by atoms with Crippen LogP contribution in [-0.2, 0) is 42.8 Å². The van der Waals surface area contributed by atoms with Gasteiger partial charge in [0.15, 0.2) is 11.9 Å². The third kappa shape index (κ3) is 12.5. The second-order valence-electron chi connectivity index (χ2n) is 19.1. The number of likely N-dealkylation sites (N-methyl/N-ethyl adjacent to an activating group) is 1. The Morgan fingerprint density at radius 3 is 2.28 bits per heavy atom. The van der Waals surface area contributed by atoms with Crippen LogP contribution < -0.4 is 10.6 Å². The largest absolute Gasteiger partial charge is 0.461 e. The third-order valence-electron chi connectivity index (χ3n) is 12.8. The summed E-state index contributed by atoms with van der Waals surface area (Å²) < 4.78 is 37.6. The van der Waals surface area contributed by atoms with Gasteiger partial charge >= 0.3 is 24.1 Å². The van der Waals surface area contributed by atoms with Crippen LogP contribution in [-0.4, -0.2) is 131 Å². The maximum Gasteiger partial charge on any atom is 0.408 e. The van der Waals surface area contributed by atoms with Crippen molar-refractivity contribution in [1.29, 1.82) is 0 Å². The predicted molar refractivity (Wildman–Crippen MR) is 237 cm³/mol. The lowest BCUT2D eigenvalue weighted by Crippen LogP contribution is -2.61. The number of carbonyl (C=O) groups excluding carboxylic acids is 5. The summed E-state index contributed by atoms with van der Waals surface area (Å²) in [6.07, 6.45) is 3.12. The number of ketones is 1. The first-order valence-corrected chi connectivity index (χ1v) is 22.6. The lowest BCUT2D eigenvalue weighted by Gasteiger charge is -2.48. The molecule has 0 bridgehead atoms. The molecular weight excluding hydrogens is 827 g/mol. The third-order valence-corrected chi connectivity index (χ3v) is 12.8. The number of nitrogens with zero attached hydrogens (tertiary/aromatic N) is 3. The van der Waals surface area contributed by atoms with Gasteiger partial charge in [0.2, 0.25) is 0 Å². The van der Waals surface area contributed by atoms with Crippen LogP contribution >= 0.6 is 0 Å². The topological polar surface area (TPSA) is 214 Å². The molecule has 358 valence electrons. The van der Waals surface area contributed by atoms with E-state index in [1.807, 2.05) is 45.8 Å². The quantitative estimate of drug-likeness (QED) is 0.130. The van der Waals surface area contributed by atoms with Crippen molar-refractivity contribution in [3.05, 3.63) is 42.0 Å². The van der Waals surface area contributed by atoms with Crippen LogP contribution in [0.4, 0.5) is 9.59 Å². The average Bonchev–Trinajstić information content (AvgIpc) is 3.55. The molecule has 0 saturated carbocycles. The number of fused-ring (bicyclic) bond motifs is 1. The van der Waals surface area contributed by atoms with E-state index >= 15 is 0 Å². The van der Waals surface area contributed by atoms with Crippen molar-refractivity contribution in [3.8, 4) is 0 Å². The summed E-state index contributed by atoms with van der Waals surface area (Å²) in [5, 5.41) is 17.3. The van der Waals surface area contributed by atoms with Gasteiger partial charge in [0.25, 0.3) is 0 Å². The maximum absolute atomic E-state index is 14.6. The SMILES string of the molecule is CC[C@H]1OC(=O)[C@H](C)[C@@H](OC(=O)C(C)C)[C@H](C)[C@@H](O[C@@H]2O[C@H](C)C[C@H](N(C)C)[C@H]2O)[C@](C)(OC(=O)NC/C=C/C=C/c2cnc(C(C)C)nc2)C[C@@H](C)C(=O)[C@H](C)[C@H]2NC(=O)O[C@@]21C. The number of aromatic nitrogens is 2. The molecule has 1 aromatic heterocycles. The highest BCUT2D eigenvalue weighted by molar-refractivity contribution is 5.85. The van der Waals surface area contributed by atoms with E-state index in [0.717, 1.165) is 11.4 Å². The number of hydrogen-bond acceptors (Lipinski definition) is 15. The Bertz CT molecular complexity index is 1840. The van der Waals surface area contributed by atoms with E-state index in [0.29, 0.717) is 6.42 Å². The molecule has 64 heavy (non-hydrogen) atoms. The number of nitrogens with one attached hydrogen (secondary N) is 2. The van der Waals surface area contributed by atoms with Crippen LogP contribution in [0.25, 0.3) is 6.08 Å². The number of Topliss-reactive ketones (excluding diaryl/α,β-unsaturated/α-hetero) is 1. The zero-order valence-electron chi connectivity index (χ0n) is 40.2. The Morgan fingerprint density at radius 2 is 1.69 bits per heavy atom. The van der Waals surface area contributed by atoms with Crippen LogP contribution in [0.15, 0.2) is 30.6 Å². The van der Waals surface area contributed by atoms with Gasteiger partial charge in [0.1, 0.15) is 41.6 Å². The number of esters is 2. The number of alkyl carbamates (subject to hydrolysis) is 2. The maximum atomic E-state index is 14.6. The molecular formula is C47H73N5O12. The highest BCUT2D eigenvalue weighted by Gasteiger charge is 2.58. The van der Waals surface area contributed by atoms with Crippen molar-refractivity contribution in [1.82, 2.24) is 25.5 Å². The van der Waals surface area contributed by atoms with Gasteiger partial charge in [-0.05, 0) is 61.1 Å². The van der Waals surface area contributed by atoms with Crippen molar-refractivity contribution in [2.45, 2.75) is 168 Å². The Morgan fingerprint density at radius 1 is 1.03 bits per heavy atom. The van der Waals surface area contributed by atoms with Crippen LogP contribution in [0.3, 0.4) is 0 Å². The van der Waals surface area contributed by atoms with E-state index in [2.05, 4.69) is 20.6 Å². The van der Waals surface area contributed by atoms with Gasteiger partial charge in [0.05, 0.1) is 24.0 Å². The molecule has 0 radical (unpaired) electrons. The number of hydrogen-bond donors (Lipinski definition) is 3. The minimum absolute atomic E-state index is 0.0528. The van der Waals surface area contributed by atoms with Crippen LogP contribution in [0.5, 0.6) is 0 Å². The van der Waals surface area contributed by atoms with Crippen molar-refractivity contribution in [2.24, 2.45) is 29.6 Å². The van der Waals surface area contributed by atoms with Crippen molar-refractivity contribution >= 4 is 36.0 Å². The molecule has 0 aliphatic carbocycles. The summed E-state index contributed by atoms with van der Waals surface area (Å²) >= 11 is 0. The number of aliphatic hydroxyl groups is 1. The second-order valence-corrected chi connectivity index (χ2v) is 19.1. The molecule has 0 unspecified atom stereocenters. The van der Waals surface area contributed by atoms with Gasteiger partial charge in [-0.2, -0.15) is 0 Å². The van der Waals surface area contributed by atoms with Gasteiger partial charge < -0.3 is 49.1 Å². The van der Waals surface area contributed by atoms with Gasteiger partial charge in [0, 0.05) is 54.2 Å². The molecule has 1 aromatic rings. The Balaban J connectivity index is 1.80. The zero-order valence-corrected chi connectivity index (χ0v) is 40.2. The summed E-state index contributed by atoms with van der Waals surface area (Å²) in [5.74, 6) is -5.16. The fourth-order valence-corrected chi connectivity index (χ4v) is 9.14. The van der Waals surface area contributed by atoms with Gasteiger partial charge in [-0.3, -0.25) is 14.4 Å². The van der Waals surface area contributed by atoms with E-state index in [9.17, 15) is 29.1 Å². The first-order valence-electron chi connectivity index (χ1n) is 22.6. The molecule has 3 aliphatic rings. The normalized spacial score (nSPS) is 35.5. The van der Waals surface area contributed by atoms with Crippen molar-refractivity contribution in [2.75, 3.05) is 20.6 Å². The first-order chi connectivity index (χ1) is 29.9. The predicted octanol–water partition coefficient (Wildman–Crippen LogP) is 5.74. The fraction of sp³-hybridized carbons (Fsp3) is 0.723. The number of amides is 2. The molecule has 3 saturated heterocycles. The summed E-state index contributed by atoms with van der Waals surface area (Å²) in [6, 6.07) is -1.30. The summed E-state index contributed by atoms with van der Waals surface area (Å²) in [5.41, 5.74) is -2.38. The number of rotatable bonds is 12. The summed E-state index contributed by atoms with van der Waals surface area (Å²) in [4.78, 5) is 80.0. The molecule has 0 spiro atoms. The monoisotopic (exact) mass is 900 g/mol. The van der Waals surface area contributed by atoms with E-state index in [4.69, 9.17) is 28.4 Å². The lowest BCUT2D eigenvalue weighted by molar-refractivity contribution is -0.298. The Labute approximate surface area is 378 Å². The fourth-order valence-electron chi connectivity index (χ4n) is 9.14. The minimum atomic E-state index is -1.73. The van der Waals surface area contributed by atoms with Gasteiger partial charge in [-0.1, -0.05) is 79.7 Å². The number of carbonyl (C=O) groups is 5. The highest BCUT2D eigenvalue weighted by Crippen LogP contribution is 2.42. The van der Waals surface area contributed by atoms with Crippen LogP contribution in [0.1, 0.15) is 120 Å². The first kappa shape index (κ1) is 52.2. The van der Waals surface area contributed by atoms with E-state index in [1.54, 1.807) is 92.9 Å². The standard InChI is InChI=1S/C47H73N5O12/c1-15-34-47(12)38(51-45(58)64-47)29(8)35(53)27(6)22-46(11,63-44(57)48-20-18-16-17-19-32-23-49-40(25(2)3)50-24-32)39(62-43-36(54)33(52(13)14)21-28(7)59-43)30(9)37(31(10)42(56)60-34)61-41(55)26(4)5/h16-19,23-31,33-34,36-39,43,54H,15,20-22H2,1-14H3,(H,48,57)(H,51,58)/b18-16+,19-17+/t27-,28-,29+,30+,31-,33+,34-,36-,37+,38-,39-,43+,46-,47-/m1/s1. The average molecular weight is 900 g/mol. The minimum Gasteiger partial charge on any atom is -0.461 e. The molecule has 3 aliphatic heterocycles. The zero-order chi connectivity index (χ0) is 47.8. The molecule has 14 atom stereocenters. The summed E-state index contributed by atoms with van der Waals surface area (Å²) in [6.45, 7) is 20.9. The number of allylic oxidation sites excluding steroid dienone is 2. The molecule has 0 aromatic carbocycles. The van der Waals surface area contributed by atoms with Crippen molar-refractivity contribution in [3.63, 3.8) is 0 Å². The molecule has 4 heterocycles. The smallest absolute Gasteiger partial charge is 0.408 e. The second kappa shape index (κ2) is 22.2. The van der Waals surface area contributed by atoms with Crippen molar-refractivity contribution < 1.29 is 57.5 Å². The Hall–Kier alpha value is -4.45. The van der Waals surface area contributed by atoms with Gasteiger partial charge in [-0.15, -0.1) is 0 Å². The van der Waals surface area contributed by atoms with Crippen LogP contribution in [0, 0.1) is 29.6 Å². The molecule has 17 heteroatoms. The molecule has 4 rings (SSSR count). The van der Waals surface area contributed by atoms with E-state index in [-0.39, 0.29) is 43.2 Å². The molecule has 3 fully saturated rings. The van der Waals surface area contributed by atoms with E-state index in [1.165, 1.54) is 0 Å². The molecule has 17 nitrogen and oxygen atoms in total. The van der Waals surface area contributed by atoms with Gasteiger partial charge in [-0.25, -0.2) is 19.6 Å². The lowest BCUT2D eigenvalue weighted by atomic mass is 9.73. The molecule has 2 amide bonds. The number of aliphatic hydroxyl groups excluding tert-OH is 1. The number of cyclic esters (lactones) is 1. The van der Waals surface area contributed by atoms with E-state index < -0.39 is 102 Å².